The van der Waals surface area contributed by atoms with Crippen LogP contribution in [0.5, 0.6) is 0 Å². The highest BCUT2D eigenvalue weighted by molar-refractivity contribution is 5.42. The van der Waals surface area contributed by atoms with Gasteiger partial charge in [-0.1, -0.05) is 25.8 Å². The van der Waals surface area contributed by atoms with Crippen LogP contribution < -0.4 is 0 Å². The molecule has 0 atom stereocenters. The van der Waals surface area contributed by atoms with Crippen molar-refractivity contribution in [1.82, 2.24) is 9.97 Å². The molecule has 0 bridgehead atoms. The lowest BCUT2D eigenvalue weighted by atomic mass is 10.2. The van der Waals surface area contributed by atoms with Crippen molar-refractivity contribution < 1.29 is 0 Å². The van der Waals surface area contributed by atoms with E-state index in [0.29, 0.717) is 0 Å². The minimum absolute atomic E-state index is 1.08. The predicted octanol–water partition coefficient (Wildman–Crippen LogP) is 2.61. The Balaban J connectivity index is 2.25. The number of unbranched alkanes of at least 4 members (excludes halogenated alkanes) is 2. The quantitative estimate of drug-likeness (QED) is 0.657. The molecule has 0 amide bonds. The second kappa shape index (κ2) is 4.72. The van der Waals surface area contributed by atoms with Crippen LogP contribution in [0.1, 0.15) is 31.9 Å². The summed E-state index contributed by atoms with van der Waals surface area (Å²) in [5.74, 6) is 0. The van der Waals surface area contributed by atoms with Gasteiger partial charge in [-0.05, 0) is 12.5 Å². The summed E-state index contributed by atoms with van der Waals surface area (Å²) in [7, 11) is 0. The predicted molar refractivity (Wildman–Crippen MR) is 47.1 cm³/mol. The van der Waals surface area contributed by atoms with Gasteiger partial charge in [-0.25, -0.2) is 4.98 Å². The molecule has 0 aliphatic rings. The van der Waals surface area contributed by atoms with E-state index in [4.69, 9.17) is 0 Å². The number of hydrogen-bond acceptors (Lipinski definition) is 1. The molecule has 0 saturated heterocycles. The van der Waals surface area contributed by atoms with Crippen molar-refractivity contribution in [2.45, 2.75) is 26.2 Å². The van der Waals surface area contributed by atoms with Gasteiger partial charge < -0.3 is 4.98 Å². The number of imidazole rings is 1. The molecule has 0 spiro atoms. The van der Waals surface area contributed by atoms with E-state index in [1.165, 1.54) is 12.8 Å². The standard InChI is InChI=1S/C9H14N2/c1-2-3-4-5-6-9-7-10-8-11-9/h5-8H,2-4H2,1H3,(H,10,11). The first-order valence-electron chi connectivity index (χ1n) is 4.08. The number of aromatic amines is 1. The van der Waals surface area contributed by atoms with Crippen molar-refractivity contribution in [3.05, 3.63) is 24.3 Å². The van der Waals surface area contributed by atoms with E-state index < -0.39 is 0 Å². The van der Waals surface area contributed by atoms with Gasteiger partial charge in [0.2, 0.25) is 0 Å². The molecule has 60 valence electrons. The molecule has 11 heavy (non-hydrogen) atoms. The van der Waals surface area contributed by atoms with Crippen LogP contribution in [0.3, 0.4) is 0 Å². The maximum Gasteiger partial charge on any atom is 0.0924 e. The van der Waals surface area contributed by atoms with Gasteiger partial charge >= 0.3 is 0 Å². The third kappa shape index (κ3) is 3.03. The summed E-state index contributed by atoms with van der Waals surface area (Å²) in [6.07, 6.45) is 11.5. The number of hydrogen-bond donors (Lipinski definition) is 1. The first kappa shape index (κ1) is 8.05. The van der Waals surface area contributed by atoms with Gasteiger partial charge in [0.25, 0.3) is 0 Å². The van der Waals surface area contributed by atoms with Crippen molar-refractivity contribution in [3.8, 4) is 0 Å². The Labute approximate surface area is 67.4 Å². The van der Waals surface area contributed by atoms with E-state index in [1.54, 1.807) is 6.33 Å². The Kier molecular flexibility index (Phi) is 3.45. The lowest BCUT2D eigenvalue weighted by Gasteiger charge is -1.87. The van der Waals surface area contributed by atoms with Gasteiger partial charge in [0, 0.05) is 0 Å². The second-order valence-corrected chi connectivity index (χ2v) is 2.55. The average Bonchev–Trinajstić information content (AvgIpc) is 2.50. The molecule has 1 N–H and O–H groups in total. The van der Waals surface area contributed by atoms with Crippen molar-refractivity contribution in [3.63, 3.8) is 0 Å². The number of nitrogens with zero attached hydrogens (tertiary/aromatic N) is 1. The molecular weight excluding hydrogens is 136 g/mol. The fraction of sp³-hybridized carbons (Fsp3) is 0.444. The fourth-order valence-corrected chi connectivity index (χ4v) is 0.890. The molecule has 0 saturated carbocycles. The molecule has 2 nitrogen and oxygen atoms in total. The van der Waals surface area contributed by atoms with Gasteiger partial charge in [0.1, 0.15) is 0 Å². The van der Waals surface area contributed by atoms with Crippen LogP contribution in [-0.4, -0.2) is 9.97 Å². The molecule has 1 aromatic heterocycles. The van der Waals surface area contributed by atoms with Crippen LogP contribution in [-0.2, 0) is 0 Å². The van der Waals surface area contributed by atoms with Gasteiger partial charge in [-0.3, -0.25) is 0 Å². The SMILES string of the molecule is CCCCC=Cc1cnc[nH]1. The molecule has 0 unspecified atom stereocenters. The smallest absolute Gasteiger partial charge is 0.0924 e. The summed E-state index contributed by atoms with van der Waals surface area (Å²) in [5.41, 5.74) is 1.08. The monoisotopic (exact) mass is 150 g/mol. The van der Waals surface area contributed by atoms with Crippen molar-refractivity contribution in [1.29, 1.82) is 0 Å². The zero-order valence-electron chi connectivity index (χ0n) is 6.88. The van der Waals surface area contributed by atoms with Crippen molar-refractivity contribution in [2.24, 2.45) is 0 Å². The summed E-state index contributed by atoms with van der Waals surface area (Å²) < 4.78 is 0. The van der Waals surface area contributed by atoms with Crippen molar-refractivity contribution >= 4 is 6.08 Å². The Bertz CT molecular complexity index is 199. The third-order valence-corrected chi connectivity index (χ3v) is 1.54. The van der Waals surface area contributed by atoms with Gasteiger partial charge in [0.05, 0.1) is 18.2 Å². The zero-order valence-corrected chi connectivity index (χ0v) is 6.88. The highest BCUT2D eigenvalue weighted by atomic mass is 14.8. The first-order valence-corrected chi connectivity index (χ1v) is 4.08. The maximum absolute atomic E-state index is 3.91. The van der Waals surface area contributed by atoms with Gasteiger partial charge in [-0.2, -0.15) is 0 Å². The van der Waals surface area contributed by atoms with E-state index in [-0.39, 0.29) is 0 Å². The summed E-state index contributed by atoms with van der Waals surface area (Å²) >= 11 is 0. The first-order chi connectivity index (χ1) is 5.43. The van der Waals surface area contributed by atoms with Gasteiger partial charge in [0.15, 0.2) is 0 Å². The molecular formula is C9H14N2. The van der Waals surface area contributed by atoms with Crippen LogP contribution in [0.15, 0.2) is 18.6 Å². The minimum atomic E-state index is 1.08. The Morgan fingerprint density at radius 1 is 1.64 bits per heavy atom. The highest BCUT2D eigenvalue weighted by Crippen LogP contribution is 1.99. The number of nitrogens with one attached hydrogen (secondary N) is 1. The molecule has 0 fully saturated rings. The Hall–Kier alpha value is -1.05. The average molecular weight is 150 g/mol. The van der Waals surface area contributed by atoms with Crippen molar-refractivity contribution in [2.75, 3.05) is 0 Å². The molecule has 0 radical (unpaired) electrons. The molecule has 0 aliphatic heterocycles. The molecule has 1 aromatic rings. The van der Waals surface area contributed by atoms with Crippen LogP contribution in [0.4, 0.5) is 0 Å². The minimum Gasteiger partial charge on any atom is -0.345 e. The Morgan fingerprint density at radius 3 is 3.18 bits per heavy atom. The maximum atomic E-state index is 3.91. The topological polar surface area (TPSA) is 28.7 Å². The normalized spacial score (nSPS) is 11.0. The molecule has 0 aliphatic carbocycles. The highest BCUT2D eigenvalue weighted by Gasteiger charge is 1.83. The van der Waals surface area contributed by atoms with Gasteiger partial charge in [-0.15, -0.1) is 0 Å². The summed E-state index contributed by atoms with van der Waals surface area (Å²) in [6, 6.07) is 0. The summed E-state index contributed by atoms with van der Waals surface area (Å²) in [6.45, 7) is 2.20. The lowest BCUT2D eigenvalue weighted by Crippen LogP contribution is -1.69. The third-order valence-electron chi connectivity index (χ3n) is 1.54. The van der Waals surface area contributed by atoms with E-state index >= 15 is 0 Å². The number of allylic oxidation sites excluding steroid dienone is 1. The Morgan fingerprint density at radius 2 is 2.55 bits per heavy atom. The van der Waals surface area contributed by atoms with E-state index in [1.807, 2.05) is 6.20 Å². The van der Waals surface area contributed by atoms with E-state index in [9.17, 15) is 0 Å². The van der Waals surface area contributed by atoms with Crippen LogP contribution in [0.25, 0.3) is 6.08 Å². The van der Waals surface area contributed by atoms with E-state index in [0.717, 1.165) is 12.1 Å². The fourth-order valence-electron chi connectivity index (χ4n) is 0.890. The molecule has 0 aromatic carbocycles. The van der Waals surface area contributed by atoms with Crippen LogP contribution >= 0.6 is 0 Å². The second-order valence-electron chi connectivity index (χ2n) is 2.55. The zero-order chi connectivity index (χ0) is 7.94. The van der Waals surface area contributed by atoms with E-state index in [2.05, 4.69) is 29.0 Å². The molecule has 2 heteroatoms. The summed E-state index contributed by atoms with van der Waals surface area (Å²) in [5, 5.41) is 0. The van der Waals surface area contributed by atoms with Crippen LogP contribution in [0.2, 0.25) is 0 Å². The number of aromatic nitrogens is 2. The molecule has 1 rings (SSSR count). The lowest BCUT2D eigenvalue weighted by molar-refractivity contribution is 0.816. The van der Waals surface area contributed by atoms with Crippen LogP contribution in [0, 0.1) is 0 Å². The number of H-pyrrole nitrogens is 1. The number of rotatable bonds is 4. The summed E-state index contributed by atoms with van der Waals surface area (Å²) in [4.78, 5) is 6.93. The largest absolute Gasteiger partial charge is 0.345 e. The molecule has 1 heterocycles.